The van der Waals surface area contributed by atoms with E-state index >= 15 is 0 Å². The highest BCUT2D eigenvalue weighted by atomic mass is 35.5. The van der Waals surface area contributed by atoms with Crippen molar-refractivity contribution in [2.45, 2.75) is 38.0 Å². The van der Waals surface area contributed by atoms with Crippen molar-refractivity contribution in [2.24, 2.45) is 0 Å². The number of nitriles is 1. The van der Waals surface area contributed by atoms with Gasteiger partial charge in [0.15, 0.2) is 0 Å². The van der Waals surface area contributed by atoms with E-state index in [0.717, 1.165) is 41.0 Å². The molecule has 0 bridgehead atoms. The molecule has 1 aliphatic rings. The van der Waals surface area contributed by atoms with E-state index in [-0.39, 0.29) is 5.41 Å². The average molecular weight is 365 g/mol. The standard InChI is InChI=1S/C21H21ClN4/c1-14-7-8-16(11-17(14)22)21(9-2-3-10-21)13-24-20-25-18-6-4-5-15(12-23)19(18)26-20/h4-8,11H,2-3,9-10,13H2,1H3,(H2,24,25,26). The van der Waals surface area contributed by atoms with Crippen LogP contribution in [0.3, 0.4) is 0 Å². The summed E-state index contributed by atoms with van der Waals surface area (Å²) in [6, 6.07) is 14.2. The minimum atomic E-state index is 0.0778. The van der Waals surface area contributed by atoms with Gasteiger partial charge < -0.3 is 10.3 Å². The van der Waals surface area contributed by atoms with Crippen LogP contribution in [-0.4, -0.2) is 16.5 Å². The van der Waals surface area contributed by atoms with Gasteiger partial charge in [-0.1, -0.05) is 42.6 Å². The molecular weight excluding hydrogens is 344 g/mol. The summed E-state index contributed by atoms with van der Waals surface area (Å²) in [5.74, 6) is 0.715. The summed E-state index contributed by atoms with van der Waals surface area (Å²) in [6.45, 7) is 2.83. The highest BCUT2D eigenvalue weighted by Gasteiger charge is 2.36. The van der Waals surface area contributed by atoms with Crippen LogP contribution in [0.4, 0.5) is 5.95 Å². The molecule has 3 aromatic rings. The monoisotopic (exact) mass is 364 g/mol. The number of imidazole rings is 1. The van der Waals surface area contributed by atoms with Crippen molar-refractivity contribution >= 4 is 28.6 Å². The molecule has 26 heavy (non-hydrogen) atoms. The van der Waals surface area contributed by atoms with Gasteiger partial charge in [-0.05, 0) is 49.1 Å². The zero-order valence-electron chi connectivity index (χ0n) is 14.8. The number of anilines is 1. The number of hydrogen-bond donors (Lipinski definition) is 2. The molecule has 2 aromatic carbocycles. The number of aryl methyl sites for hydroxylation is 1. The van der Waals surface area contributed by atoms with Crippen LogP contribution in [0.5, 0.6) is 0 Å². The largest absolute Gasteiger partial charge is 0.355 e. The Balaban J connectivity index is 1.62. The van der Waals surface area contributed by atoms with Gasteiger partial charge in [-0.2, -0.15) is 5.26 Å². The van der Waals surface area contributed by atoms with Crippen LogP contribution in [0, 0.1) is 18.3 Å². The smallest absolute Gasteiger partial charge is 0.201 e. The zero-order valence-corrected chi connectivity index (χ0v) is 15.5. The van der Waals surface area contributed by atoms with Gasteiger partial charge in [-0.3, -0.25) is 0 Å². The van der Waals surface area contributed by atoms with Crippen molar-refractivity contribution in [2.75, 3.05) is 11.9 Å². The fraction of sp³-hybridized carbons (Fsp3) is 0.333. The fourth-order valence-electron chi connectivity index (χ4n) is 4.00. The lowest BCUT2D eigenvalue weighted by Crippen LogP contribution is -2.31. The zero-order chi connectivity index (χ0) is 18.1. The molecule has 0 radical (unpaired) electrons. The van der Waals surface area contributed by atoms with E-state index in [4.69, 9.17) is 11.6 Å². The predicted octanol–water partition coefficient (Wildman–Crippen LogP) is 5.32. The minimum Gasteiger partial charge on any atom is -0.355 e. The fourth-order valence-corrected chi connectivity index (χ4v) is 4.18. The van der Waals surface area contributed by atoms with Gasteiger partial charge in [0.25, 0.3) is 0 Å². The van der Waals surface area contributed by atoms with Crippen molar-refractivity contribution in [1.29, 1.82) is 5.26 Å². The lowest BCUT2D eigenvalue weighted by Gasteiger charge is -2.30. The summed E-state index contributed by atoms with van der Waals surface area (Å²) in [4.78, 5) is 7.87. The van der Waals surface area contributed by atoms with E-state index in [1.807, 2.05) is 19.1 Å². The van der Waals surface area contributed by atoms with Crippen LogP contribution >= 0.6 is 11.6 Å². The lowest BCUT2D eigenvalue weighted by molar-refractivity contribution is 0.466. The summed E-state index contributed by atoms with van der Waals surface area (Å²) < 4.78 is 0. The third-order valence-electron chi connectivity index (χ3n) is 5.57. The van der Waals surface area contributed by atoms with Crippen molar-refractivity contribution in [3.05, 3.63) is 58.1 Å². The number of nitrogens with zero attached hydrogens (tertiary/aromatic N) is 2. The molecule has 5 heteroatoms. The predicted molar refractivity (Wildman–Crippen MR) is 106 cm³/mol. The van der Waals surface area contributed by atoms with E-state index in [1.54, 1.807) is 6.07 Å². The van der Waals surface area contributed by atoms with E-state index in [1.165, 1.54) is 18.4 Å². The maximum Gasteiger partial charge on any atom is 0.201 e. The van der Waals surface area contributed by atoms with Crippen molar-refractivity contribution in [1.82, 2.24) is 9.97 Å². The molecular formula is C21H21ClN4. The van der Waals surface area contributed by atoms with Gasteiger partial charge in [0.2, 0.25) is 5.95 Å². The van der Waals surface area contributed by atoms with Gasteiger partial charge in [0.1, 0.15) is 11.6 Å². The molecule has 132 valence electrons. The van der Waals surface area contributed by atoms with E-state index in [9.17, 15) is 5.26 Å². The second-order valence-corrected chi connectivity index (χ2v) is 7.61. The Morgan fingerprint density at radius 2 is 2.08 bits per heavy atom. The molecule has 1 heterocycles. The average Bonchev–Trinajstić information content (AvgIpc) is 3.29. The topological polar surface area (TPSA) is 64.5 Å². The molecule has 0 aliphatic heterocycles. The number of benzene rings is 2. The Morgan fingerprint density at radius 1 is 1.27 bits per heavy atom. The molecule has 0 saturated heterocycles. The summed E-state index contributed by atoms with van der Waals surface area (Å²) in [7, 11) is 0. The Hall–Kier alpha value is -2.51. The van der Waals surface area contributed by atoms with Crippen LogP contribution in [0.15, 0.2) is 36.4 Å². The maximum absolute atomic E-state index is 9.25. The molecule has 2 N–H and O–H groups in total. The molecule has 1 aliphatic carbocycles. The molecule has 0 amide bonds. The van der Waals surface area contributed by atoms with E-state index in [2.05, 4.69) is 39.6 Å². The molecule has 1 aromatic heterocycles. The van der Waals surface area contributed by atoms with E-state index in [0.29, 0.717) is 11.5 Å². The summed E-state index contributed by atoms with van der Waals surface area (Å²) in [5.41, 5.74) is 4.67. The first kappa shape index (κ1) is 16.9. The highest BCUT2D eigenvalue weighted by Crippen LogP contribution is 2.42. The number of para-hydroxylation sites is 1. The van der Waals surface area contributed by atoms with Gasteiger partial charge in [-0.15, -0.1) is 0 Å². The number of fused-ring (bicyclic) bond motifs is 1. The van der Waals surface area contributed by atoms with Crippen molar-refractivity contribution in [3.8, 4) is 6.07 Å². The number of aromatic nitrogens is 2. The number of H-pyrrole nitrogens is 1. The molecule has 4 rings (SSSR count). The maximum atomic E-state index is 9.25. The normalized spacial score (nSPS) is 15.9. The van der Waals surface area contributed by atoms with Gasteiger partial charge in [0, 0.05) is 17.0 Å². The summed E-state index contributed by atoms with van der Waals surface area (Å²) in [5, 5.41) is 13.6. The number of halogens is 1. The second kappa shape index (κ2) is 6.66. The van der Waals surface area contributed by atoms with Gasteiger partial charge in [0.05, 0.1) is 11.1 Å². The molecule has 4 nitrogen and oxygen atoms in total. The third-order valence-corrected chi connectivity index (χ3v) is 5.98. The number of nitrogens with one attached hydrogen (secondary N) is 2. The highest BCUT2D eigenvalue weighted by molar-refractivity contribution is 6.31. The molecule has 0 atom stereocenters. The van der Waals surface area contributed by atoms with Crippen LogP contribution in [0.1, 0.15) is 42.4 Å². The van der Waals surface area contributed by atoms with Crippen LogP contribution in [0.2, 0.25) is 5.02 Å². The molecule has 1 saturated carbocycles. The Bertz CT molecular complexity index is 993. The van der Waals surface area contributed by atoms with Crippen LogP contribution in [-0.2, 0) is 5.41 Å². The van der Waals surface area contributed by atoms with Gasteiger partial charge >= 0.3 is 0 Å². The second-order valence-electron chi connectivity index (χ2n) is 7.20. The lowest BCUT2D eigenvalue weighted by atomic mass is 9.78. The third kappa shape index (κ3) is 2.93. The summed E-state index contributed by atoms with van der Waals surface area (Å²) >= 11 is 6.39. The number of rotatable bonds is 4. The van der Waals surface area contributed by atoms with Crippen LogP contribution in [0.25, 0.3) is 11.0 Å². The number of aromatic amines is 1. The van der Waals surface area contributed by atoms with E-state index < -0.39 is 0 Å². The minimum absolute atomic E-state index is 0.0778. The molecule has 1 fully saturated rings. The Labute approximate surface area is 158 Å². The first-order valence-corrected chi connectivity index (χ1v) is 9.38. The molecule has 0 spiro atoms. The van der Waals surface area contributed by atoms with Gasteiger partial charge in [-0.25, -0.2) is 4.98 Å². The summed E-state index contributed by atoms with van der Waals surface area (Å²) in [6.07, 6.45) is 4.74. The van der Waals surface area contributed by atoms with Crippen LogP contribution < -0.4 is 5.32 Å². The first-order chi connectivity index (χ1) is 12.6. The SMILES string of the molecule is Cc1ccc(C2(CNc3nc4c(C#N)cccc4[nH]3)CCCC2)cc1Cl. The molecule has 0 unspecified atom stereocenters. The van der Waals surface area contributed by atoms with Crippen molar-refractivity contribution < 1.29 is 0 Å². The van der Waals surface area contributed by atoms with Crippen molar-refractivity contribution in [3.63, 3.8) is 0 Å². The number of hydrogen-bond acceptors (Lipinski definition) is 3. The Kier molecular flexibility index (Phi) is 4.34. The first-order valence-electron chi connectivity index (χ1n) is 9.01. The quantitative estimate of drug-likeness (QED) is 0.658. The Morgan fingerprint density at radius 3 is 2.81 bits per heavy atom.